The summed E-state index contributed by atoms with van der Waals surface area (Å²) in [5, 5.41) is 2.92. The van der Waals surface area contributed by atoms with E-state index in [2.05, 4.69) is 31.2 Å². The average Bonchev–Trinajstić information content (AvgIpc) is 2.40. The Bertz CT molecular complexity index is 502. The molecule has 1 N–H and O–H groups in total. The van der Waals surface area contributed by atoms with Gasteiger partial charge < -0.3 is 10.1 Å². The smallest absolute Gasteiger partial charge is 0.144 e. The summed E-state index contributed by atoms with van der Waals surface area (Å²) in [7, 11) is 1.81. The van der Waals surface area contributed by atoms with Crippen LogP contribution in [0.1, 0.15) is 11.3 Å². The summed E-state index contributed by atoms with van der Waals surface area (Å²) in [6, 6.07) is 8.05. The molecule has 0 spiro atoms. The van der Waals surface area contributed by atoms with Crippen molar-refractivity contribution in [3.05, 3.63) is 52.4 Å². The van der Waals surface area contributed by atoms with Crippen LogP contribution in [0.3, 0.4) is 0 Å². The number of ether oxygens (including phenoxy) is 1. The number of hydrogen-bond donors (Lipinski definition) is 1. The molecule has 0 atom stereocenters. The number of hydrogen-bond acceptors (Lipinski definition) is 4. The monoisotopic (exact) mass is 307 g/mol. The van der Waals surface area contributed by atoms with Crippen molar-refractivity contribution in [1.82, 2.24) is 9.97 Å². The largest absolute Gasteiger partial charge is 0.372 e. The van der Waals surface area contributed by atoms with Crippen LogP contribution in [0, 0.1) is 0 Å². The SMILES string of the molecule is CNc1cnc(COCc2cccc(Br)c2)cn1. The van der Waals surface area contributed by atoms with E-state index in [9.17, 15) is 0 Å². The Kier molecular flexibility index (Phi) is 4.66. The zero-order chi connectivity index (χ0) is 12.8. The maximum Gasteiger partial charge on any atom is 0.144 e. The number of aromatic nitrogens is 2. The number of anilines is 1. The van der Waals surface area contributed by atoms with Gasteiger partial charge in [0.1, 0.15) is 5.82 Å². The van der Waals surface area contributed by atoms with Gasteiger partial charge in [-0.05, 0) is 17.7 Å². The lowest BCUT2D eigenvalue weighted by Gasteiger charge is -2.05. The lowest BCUT2D eigenvalue weighted by Crippen LogP contribution is -1.99. The van der Waals surface area contributed by atoms with Crippen LogP contribution in [0.25, 0.3) is 0 Å². The summed E-state index contributed by atoms with van der Waals surface area (Å²) in [5.74, 6) is 0.755. The summed E-state index contributed by atoms with van der Waals surface area (Å²) in [6.45, 7) is 1.03. The minimum absolute atomic E-state index is 0.462. The average molecular weight is 308 g/mol. The zero-order valence-corrected chi connectivity index (χ0v) is 11.6. The topological polar surface area (TPSA) is 47.0 Å². The number of benzene rings is 1. The van der Waals surface area contributed by atoms with Gasteiger partial charge in [-0.3, -0.25) is 4.98 Å². The number of rotatable bonds is 5. The second kappa shape index (κ2) is 6.47. The van der Waals surface area contributed by atoms with Crippen LogP contribution in [0.5, 0.6) is 0 Å². The van der Waals surface area contributed by atoms with Crippen LogP contribution >= 0.6 is 15.9 Å². The third kappa shape index (κ3) is 3.78. The Balaban J connectivity index is 1.84. The van der Waals surface area contributed by atoms with E-state index in [1.54, 1.807) is 12.4 Å². The van der Waals surface area contributed by atoms with E-state index in [1.165, 1.54) is 0 Å². The molecular weight excluding hydrogens is 294 g/mol. The predicted octanol–water partition coefficient (Wildman–Crippen LogP) is 3.00. The molecule has 4 nitrogen and oxygen atoms in total. The summed E-state index contributed by atoms with van der Waals surface area (Å²) in [5.41, 5.74) is 1.95. The van der Waals surface area contributed by atoms with Crippen molar-refractivity contribution in [3.8, 4) is 0 Å². The lowest BCUT2D eigenvalue weighted by molar-refractivity contribution is 0.104. The van der Waals surface area contributed by atoms with Gasteiger partial charge in [-0.15, -0.1) is 0 Å². The van der Waals surface area contributed by atoms with Gasteiger partial charge in [-0.25, -0.2) is 4.98 Å². The molecule has 0 aliphatic heterocycles. The zero-order valence-electron chi connectivity index (χ0n) is 10.1. The first-order valence-corrected chi connectivity index (χ1v) is 6.38. The molecule has 0 bridgehead atoms. The first-order valence-electron chi connectivity index (χ1n) is 5.59. The second-order valence-electron chi connectivity index (χ2n) is 3.77. The molecule has 2 aromatic rings. The molecule has 1 heterocycles. The van der Waals surface area contributed by atoms with Gasteiger partial charge in [0.2, 0.25) is 0 Å². The van der Waals surface area contributed by atoms with Gasteiger partial charge in [-0.2, -0.15) is 0 Å². The molecule has 2 rings (SSSR count). The molecule has 0 aliphatic rings. The van der Waals surface area contributed by atoms with E-state index in [4.69, 9.17) is 4.74 Å². The van der Waals surface area contributed by atoms with E-state index < -0.39 is 0 Å². The van der Waals surface area contributed by atoms with Crippen LogP contribution in [-0.4, -0.2) is 17.0 Å². The molecule has 94 valence electrons. The number of halogens is 1. The third-order valence-corrected chi connectivity index (χ3v) is 2.86. The third-order valence-electron chi connectivity index (χ3n) is 2.37. The molecule has 0 unspecified atom stereocenters. The minimum Gasteiger partial charge on any atom is -0.372 e. The first-order chi connectivity index (χ1) is 8.78. The van der Waals surface area contributed by atoms with Crippen LogP contribution in [0.2, 0.25) is 0 Å². The maximum atomic E-state index is 5.59. The molecule has 0 saturated heterocycles. The molecule has 0 aliphatic carbocycles. The molecular formula is C13H14BrN3O. The predicted molar refractivity (Wildman–Crippen MR) is 74.2 cm³/mol. The van der Waals surface area contributed by atoms with Crippen molar-refractivity contribution in [3.63, 3.8) is 0 Å². The highest BCUT2D eigenvalue weighted by Crippen LogP contribution is 2.12. The first kappa shape index (κ1) is 13.0. The molecule has 0 radical (unpaired) electrons. The van der Waals surface area contributed by atoms with Crippen molar-refractivity contribution in [2.24, 2.45) is 0 Å². The highest BCUT2D eigenvalue weighted by molar-refractivity contribution is 9.10. The summed E-state index contributed by atoms with van der Waals surface area (Å²) >= 11 is 3.43. The Hall–Kier alpha value is -1.46. The minimum atomic E-state index is 0.462. The Labute approximate surface area is 115 Å². The van der Waals surface area contributed by atoms with Gasteiger partial charge in [0.15, 0.2) is 0 Å². The van der Waals surface area contributed by atoms with Crippen LogP contribution in [0.4, 0.5) is 5.82 Å². The molecule has 5 heteroatoms. The summed E-state index contributed by atoms with van der Waals surface area (Å²) in [4.78, 5) is 8.41. The van der Waals surface area contributed by atoms with Crippen molar-refractivity contribution in [2.75, 3.05) is 12.4 Å². The standard InChI is InChI=1S/C13H14BrN3O/c1-15-13-7-16-12(6-17-13)9-18-8-10-3-2-4-11(14)5-10/h2-7H,8-9H2,1H3,(H,15,17). The molecule has 0 fully saturated rings. The van der Waals surface area contributed by atoms with Crippen molar-refractivity contribution >= 4 is 21.7 Å². The Morgan fingerprint density at radius 3 is 2.78 bits per heavy atom. The van der Waals surface area contributed by atoms with E-state index in [0.29, 0.717) is 13.2 Å². The molecule has 1 aromatic heterocycles. The van der Waals surface area contributed by atoms with Crippen molar-refractivity contribution in [2.45, 2.75) is 13.2 Å². The van der Waals surface area contributed by atoms with E-state index in [1.807, 2.05) is 31.3 Å². The van der Waals surface area contributed by atoms with Gasteiger partial charge in [0.25, 0.3) is 0 Å². The van der Waals surface area contributed by atoms with Crippen LogP contribution in [0.15, 0.2) is 41.1 Å². The molecule has 0 amide bonds. The highest BCUT2D eigenvalue weighted by atomic mass is 79.9. The fourth-order valence-electron chi connectivity index (χ4n) is 1.46. The maximum absolute atomic E-state index is 5.59. The van der Waals surface area contributed by atoms with Gasteiger partial charge >= 0.3 is 0 Å². The number of nitrogens with one attached hydrogen (secondary N) is 1. The number of nitrogens with zero attached hydrogens (tertiary/aromatic N) is 2. The molecule has 1 aromatic carbocycles. The normalized spacial score (nSPS) is 10.3. The quantitative estimate of drug-likeness (QED) is 0.922. The lowest BCUT2D eigenvalue weighted by atomic mass is 10.2. The summed E-state index contributed by atoms with van der Waals surface area (Å²) in [6.07, 6.45) is 3.41. The Morgan fingerprint density at radius 1 is 1.22 bits per heavy atom. The Morgan fingerprint density at radius 2 is 2.11 bits per heavy atom. The van der Waals surface area contributed by atoms with Gasteiger partial charge in [-0.1, -0.05) is 28.1 Å². The van der Waals surface area contributed by atoms with Crippen LogP contribution in [-0.2, 0) is 18.0 Å². The highest BCUT2D eigenvalue weighted by Gasteiger charge is 1.98. The van der Waals surface area contributed by atoms with E-state index in [-0.39, 0.29) is 0 Å². The second-order valence-corrected chi connectivity index (χ2v) is 4.68. The summed E-state index contributed by atoms with van der Waals surface area (Å²) < 4.78 is 6.65. The van der Waals surface area contributed by atoms with Gasteiger partial charge in [0.05, 0.1) is 31.3 Å². The van der Waals surface area contributed by atoms with Crippen molar-refractivity contribution < 1.29 is 4.74 Å². The fourth-order valence-corrected chi connectivity index (χ4v) is 1.91. The van der Waals surface area contributed by atoms with E-state index in [0.717, 1.165) is 21.5 Å². The van der Waals surface area contributed by atoms with Crippen LogP contribution < -0.4 is 5.32 Å². The molecule has 18 heavy (non-hydrogen) atoms. The molecule has 0 saturated carbocycles. The fraction of sp³-hybridized carbons (Fsp3) is 0.231. The van der Waals surface area contributed by atoms with Crippen molar-refractivity contribution in [1.29, 1.82) is 0 Å². The van der Waals surface area contributed by atoms with E-state index >= 15 is 0 Å². The van der Waals surface area contributed by atoms with Gasteiger partial charge in [0, 0.05) is 11.5 Å².